The van der Waals surface area contributed by atoms with Crippen molar-refractivity contribution in [2.24, 2.45) is 0 Å². The number of hydrogen-bond donors (Lipinski definition) is 1. The first-order valence-corrected chi connectivity index (χ1v) is 10.5. The third-order valence-corrected chi connectivity index (χ3v) is 5.76. The van der Waals surface area contributed by atoms with Gasteiger partial charge >= 0.3 is 0 Å². The number of methoxy groups -OCH3 is 1. The minimum Gasteiger partial charge on any atom is -0.383 e. The number of likely N-dealkylation sites (tertiary alicyclic amines) is 1. The summed E-state index contributed by atoms with van der Waals surface area (Å²) < 4.78 is 5.01. The highest BCUT2D eigenvalue weighted by Gasteiger charge is 2.21. The van der Waals surface area contributed by atoms with Gasteiger partial charge in [0.15, 0.2) is 5.13 Å². The predicted molar refractivity (Wildman–Crippen MR) is 112 cm³/mol. The molecular weight excluding hydrogens is 388 g/mol. The van der Waals surface area contributed by atoms with Gasteiger partial charge in [0.25, 0.3) is 5.91 Å². The van der Waals surface area contributed by atoms with Crippen LogP contribution in [0.5, 0.6) is 0 Å². The van der Waals surface area contributed by atoms with Gasteiger partial charge in [0.05, 0.1) is 19.2 Å². The van der Waals surface area contributed by atoms with E-state index in [1.54, 1.807) is 24.4 Å². The minimum absolute atomic E-state index is 0.128. The van der Waals surface area contributed by atoms with Crippen LogP contribution in [0.3, 0.4) is 0 Å². The van der Waals surface area contributed by atoms with Crippen LogP contribution in [0.2, 0.25) is 0 Å². The summed E-state index contributed by atoms with van der Waals surface area (Å²) >= 11 is 1.38. The number of nitrogens with one attached hydrogen (secondary N) is 1. The maximum Gasteiger partial charge on any atom is 0.273 e. The highest BCUT2D eigenvalue weighted by molar-refractivity contribution is 7.14. The molecule has 0 bridgehead atoms. The Morgan fingerprint density at radius 2 is 2.21 bits per heavy atom. The van der Waals surface area contributed by atoms with Gasteiger partial charge in [-0.2, -0.15) is 5.26 Å². The van der Waals surface area contributed by atoms with E-state index in [0.29, 0.717) is 36.4 Å². The molecule has 0 aromatic carbocycles. The second-order valence-corrected chi connectivity index (χ2v) is 7.90. The number of ether oxygens (including phenoxy) is 1. The molecule has 9 heteroatoms. The summed E-state index contributed by atoms with van der Waals surface area (Å²) in [4.78, 5) is 25.3. The number of aromatic nitrogens is 2. The third-order valence-electron chi connectivity index (χ3n) is 5.01. The van der Waals surface area contributed by atoms with Crippen LogP contribution in [0.4, 0.5) is 10.9 Å². The predicted octanol–water partition coefficient (Wildman–Crippen LogP) is 2.70. The van der Waals surface area contributed by atoms with Gasteiger partial charge in [-0.05, 0) is 38.1 Å². The smallest absolute Gasteiger partial charge is 0.273 e. The average molecular weight is 415 g/mol. The zero-order chi connectivity index (χ0) is 20.6. The molecule has 0 aliphatic carbocycles. The number of rotatable bonds is 8. The summed E-state index contributed by atoms with van der Waals surface area (Å²) in [5, 5.41) is 14.4. The zero-order valence-electron chi connectivity index (χ0n) is 16.8. The molecule has 3 heterocycles. The van der Waals surface area contributed by atoms with Crippen molar-refractivity contribution in [3.05, 3.63) is 35.0 Å². The van der Waals surface area contributed by atoms with Crippen LogP contribution in [0, 0.1) is 11.3 Å². The van der Waals surface area contributed by atoms with Gasteiger partial charge < -0.3 is 15.0 Å². The van der Waals surface area contributed by atoms with Crippen molar-refractivity contribution >= 4 is 28.2 Å². The topological polar surface area (TPSA) is 94.4 Å². The number of nitrogens with zero attached hydrogens (tertiary/aromatic N) is 5. The first kappa shape index (κ1) is 21.2. The number of pyridine rings is 1. The van der Waals surface area contributed by atoms with E-state index < -0.39 is 0 Å². The highest BCUT2D eigenvalue weighted by Crippen LogP contribution is 2.28. The van der Waals surface area contributed by atoms with Crippen molar-refractivity contribution in [2.75, 3.05) is 52.3 Å². The summed E-state index contributed by atoms with van der Waals surface area (Å²) in [5.41, 5.74) is 1.47. The number of carbonyl (C=O) groups excluding carboxylic acids is 1. The molecule has 154 valence electrons. The van der Waals surface area contributed by atoms with Gasteiger partial charge in [-0.15, -0.1) is 11.3 Å². The van der Waals surface area contributed by atoms with Crippen LogP contribution in [-0.4, -0.2) is 72.6 Å². The molecule has 1 fully saturated rings. The molecule has 0 radical (unpaired) electrons. The molecule has 3 rings (SSSR count). The SMILES string of the molecule is COCCN(C)C(=O)c1csc(Nc2cccc(C3CCN(CC#N)CC3)n2)n1. The molecular formula is C20H26N6O2S. The van der Waals surface area contributed by atoms with Gasteiger partial charge in [0.1, 0.15) is 11.5 Å². The molecule has 0 spiro atoms. The fourth-order valence-corrected chi connectivity index (χ4v) is 3.99. The van der Waals surface area contributed by atoms with E-state index in [9.17, 15) is 4.79 Å². The molecule has 8 nitrogen and oxygen atoms in total. The average Bonchev–Trinajstić information content (AvgIpc) is 3.21. The maximum atomic E-state index is 12.4. The van der Waals surface area contributed by atoms with Gasteiger partial charge in [-0.25, -0.2) is 9.97 Å². The van der Waals surface area contributed by atoms with E-state index in [1.807, 2.05) is 12.1 Å². The Labute approximate surface area is 175 Å². The van der Waals surface area contributed by atoms with Crippen LogP contribution in [0.25, 0.3) is 0 Å². The fourth-order valence-electron chi connectivity index (χ4n) is 3.30. The van der Waals surface area contributed by atoms with Gasteiger partial charge in [0.2, 0.25) is 0 Å². The van der Waals surface area contributed by atoms with Crippen LogP contribution in [0.15, 0.2) is 23.6 Å². The largest absolute Gasteiger partial charge is 0.383 e. The second kappa shape index (κ2) is 10.3. The zero-order valence-corrected chi connectivity index (χ0v) is 17.6. The molecule has 1 aliphatic rings. The summed E-state index contributed by atoms with van der Waals surface area (Å²) in [5.74, 6) is 0.995. The minimum atomic E-state index is -0.128. The van der Waals surface area contributed by atoms with Crippen LogP contribution in [-0.2, 0) is 4.74 Å². The summed E-state index contributed by atoms with van der Waals surface area (Å²) in [7, 11) is 3.35. The molecule has 1 N–H and O–H groups in total. The number of piperidine rings is 1. The number of thiazole rings is 1. The van der Waals surface area contributed by atoms with Gasteiger partial charge in [-0.1, -0.05) is 6.07 Å². The van der Waals surface area contributed by atoms with Crippen molar-refractivity contribution in [3.8, 4) is 6.07 Å². The number of likely N-dealkylation sites (N-methyl/N-ethyl adjacent to an activating group) is 1. The third kappa shape index (κ3) is 5.73. The Balaban J connectivity index is 1.60. The Morgan fingerprint density at radius 3 is 2.93 bits per heavy atom. The molecule has 1 saturated heterocycles. The number of anilines is 2. The fraction of sp³-hybridized carbons (Fsp3) is 0.500. The van der Waals surface area contributed by atoms with Gasteiger partial charge in [-0.3, -0.25) is 9.69 Å². The van der Waals surface area contributed by atoms with Crippen molar-refractivity contribution in [1.29, 1.82) is 5.26 Å². The molecule has 29 heavy (non-hydrogen) atoms. The van der Waals surface area contributed by atoms with E-state index in [2.05, 4.69) is 27.3 Å². The van der Waals surface area contributed by atoms with Crippen LogP contribution >= 0.6 is 11.3 Å². The Kier molecular flexibility index (Phi) is 7.52. The Hall–Kier alpha value is -2.54. The quantitative estimate of drug-likeness (QED) is 0.664. The lowest BCUT2D eigenvalue weighted by atomic mass is 9.93. The molecule has 1 aliphatic heterocycles. The van der Waals surface area contributed by atoms with Crippen LogP contribution in [0.1, 0.15) is 34.9 Å². The van der Waals surface area contributed by atoms with E-state index in [4.69, 9.17) is 15.0 Å². The summed E-state index contributed by atoms with van der Waals surface area (Å²) in [6.45, 7) is 3.35. The van der Waals surface area contributed by atoms with E-state index in [-0.39, 0.29) is 5.91 Å². The molecule has 0 saturated carbocycles. The van der Waals surface area contributed by atoms with E-state index in [1.165, 1.54) is 11.3 Å². The standard InChI is InChI=1S/C20H26N6O2S/c1-25(12-13-28-2)19(27)17-14-29-20(23-17)24-18-5-3-4-16(22-18)15-6-9-26(10-7-15)11-8-21/h3-5,14-15H,6-7,9-13H2,1-2H3,(H,22,23,24). The first-order valence-electron chi connectivity index (χ1n) is 9.64. The summed E-state index contributed by atoms with van der Waals surface area (Å²) in [6.07, 6.45) is 2.00. The molecule has 0 unspecified atom stereocenters. The number of carbonyl (C=O) groups is 1. The van der Waals surface area contributed by atoms with Crippen LogP contribution < -0.4 is 5.32 Å². The van der Waals surface area contributed by atoms with Crippen molar-refractivity contribution in [1.82, 2.24) is 19.8 Å². The number of hydrogen-bond acceptors (Lipinski definition) is 8. The summed E-state index contributed by atoms with van der Waals surface area (Å²) in [6, 6.07) is 8.16. The lowest BCUT2D eigenvalue weighted by Gasteiger charge is -2.29. The lowest BCUT2D eigenvalue weighted by molar-refractivity contribution is 0.0739. The molecule has 2 aromatic rings. The molecule has 2 aromatic heterocycles. The normalized spacial score (nSPS) is 15.1. The monoisotopic (exact) mass is 414 g/mol. The van der Waals surface area contributed by atoms with E-state index >= 15 is 0 Å². The maximum absolute atomic E-state index is 12.4. The van der Waals surface area contributed by atoms with Crippen molar-refractivity contribution < 1.29 is 9.53 Å². The molecule has 1 amide bonds. The highest BCUT2D eigenvalue weighted by atomic mass is 32.1. The Morgan fingerprint density at radius 1 is 1.41 bits per heavy atom. The van der Waals surface area contributed by atoms with Crippen molar-refractivity contribution in [3.63, 3.8) is 0 Å². The number of amides is 1. The first-order chi connectivity index (χ1) is 14.1. The lowest BCUT2D eigenvalue weighted by Crippen LogP contribution is -2.33. The van der Waals surface area contributed by atoms with E-state index in [0.717, 1.165) is 37.4 Å². The Bertz CT molecular complexity index is 857. The van der Waals surface area contributed by atoms with Gasteiger partial charge in [0, 0.05) is 37.7 Å². The molecule has 0 atom stereocenters. The number of nitriles is 1. The van der Waals surface area contributed by atoms with Crippen molar-refractivity contribution in [2.45, 2.75) is 18.8 Å². The second-order valence-electron chi connectivity index (χ2n) is 7.04.